The third-order valence-corrected chi connectivity index (χ3v) is 4.53. The first-order chi connectivity index (χ1) is 12.5. The zero-order valence-corrected chi connectivity index (χ0v) is 15.3. The Balaban J connectivity index is 2.02. The van der Waals surface area contributed by atoms with Gasteiger partial charge < -0.3 is 14.6 Å². The highest BCUT2D eigenvalue weighted by Gasteiger charge is 2.21. The number of benzene rings is 2. The molecular formula is C20H18ClN3O2. The van der Waals surface area contributed by atoms with E-state index < -0.39 is 0 Å². The Bertz CT molecular complexity index is 1000. The summed E-state index contributed by atoms with van der Waals surface area (Å²) < 4.78 is 5.17. The molecule has 0 atom stereocenters. The number of methoxy groups -OCH3 is 1. The summed E-state index contributed by atoms with van der Waals surface area (Å²) in [5.74, 6) is -0.179. The van der Waals surface area contributed by atoms with Crippen LogP contribution in [0, 0.1) is 18.3 Å². The lowest BCUT2D eigenvalue weighted by molar-refractivity contribution is 0.0972. The van der Waals surface area contributed by atoms with Crippen LogP contribution in [0.2, 0.25) is 5.02 Å². The van der Waals surface area contributed by atoms with Gasteiger partial charge in [-0.3, -0.25) is 4.79 Å². The summed E-state index contributed by atoms with van der Waals surface area (Å²) in [7, 11) is 1.59. The van der Waals surface area contributed by atoms with Crippen LogP contribution in [0.15, 0.2) is 42.5 Å². The molecule has 6 heteroatoms. The molecular weight excluding hydrogens is 350 g/mol. The zero-order valence-electron chi connectivity index (χ0n) is 14.5. The average Bonchev–Trinajstić information content (AvgIpc) is 3.08. The Kier molecular flexibility index (Phi) is 5.27. The zero-order chi connectivity index (χ0) is 18.7. The second-order valence-electron chi connectivity index (χ2n) is 5.95. The number of hydrogen-bond donors (Lipinski definition) is 1. The van der Waals surface area contributed by atoms with Gasteiger partial charge in [0.25, 0.3) is 5.91 Å². The van der Waals surface area contributed by atoms with E-state index in [1.54, 1.807) is 42.3 Å². The van der Waals surface area contributed by atoms with Crippen molar-refractivity contribution in [3.8, 4) is 6.07 Å². The van der Waals surface area contributed by atoms with E-state index in [9.17, 15) is 4.79 Å². The number of hydrogen-bond acceptors (Lipinski definition) is 3. The molecule has 0 spiro atoms. The number of aromatic amines is 1. The molecule has 1 heterocycles. The van der Waals surface area contributed by atoms with E-state index in [2.05, 4.69) is 11.1 Å². The van der Waals surface area contributed by atoms with Gasteiger partial charge in [0.15, 0.2) is 0 Å². The SMILES string of the molecule is COCCN(C(=O)c1cc2cccc(Cl)c2[nH]1)c1ccc(C#N)cc1C. The van der Waals surface area contributed by atoms with Crippen molar-refractivity contribution in [3.05, 3.63) is 64.3 Å². The average molecular weight is 368 g/mol. The summed E-state index contributed by atoms with van der Waals surface area (Å²) in [5.41, 5.74) is 3.34. The van der Waals surface area contributed by atoms with Crippen LogP contribution in [0.4, 0.5) is 5.69 Å². The Morgan fingerprint density at radius 2 is 2.12 bits per heavy atom. The molecule has 1 N–H and O–H groups in total. The molecule has 0 bridgehead atoms. The number of aromatic nitrogens is 1. The highest BCUT2D eigenvalue weighted by molar-refractivity contribution is 6.35. The van der Waals surface area contributed by atoms with Gasteiger partial charge in [-0.2, -0.15) is 5.26 Å². The standard InChI is InChI=1S/C20H18ClN3O2/c1-13-10-14(12-22)6-7-18(13)24(8-9-26-2)20(25)17-11-15-4-3-5-16(21)19(15)23-17/h3-7,10-11,23H,8-9H2,1-2H3. The van der Waals surface area contributed by atoms with Crippen LogP contribution >= 0.6 is 11.6 Å². The topological polar surface area (TPSA) is 69.1 Å². The molecule has 3 rings (SSSR count). The van der Waals surface area contributed by atoms with Gasteiger partial charge in [0, 0.05) is 24.7 Å². The van der Waals surface area contributed by atoms with Crippen molar-refractivity contribution in [2.24, 2.45) is 0 Å². The lowest BCUT2D eigenvalue weighted by atomic mass is 10.1. The van der Waals surface area contributed by atoms with Crippen molar-refractivity contribution in [2.45, 2.75) is 6.92 Å². The molecule has 0 aliphatic heterocycles. The number of nitriles is 1. The second-order valence-corrected chi connectivity index (χ2v) is 6.36. The van der Waals surface area contributed by atoms with Crippen molar-refractivity contribution in [2.75, 3.05) is 25.2 Å². The molecule has 2 aromatic carbocycles. The maximum atomic E-state index is 13.2. The Labute approximate surface area is 156 Å². The minimum absolute atomic E-state index is 0.179. The van der Waals surface area contributed by atoms with Gasteiger partial charge in [-0.05, 0) is 42.8 Å². The van der Waals surface area contributed by atoms with Gasteiger partial charge in [0.1, 0.15) is 5.69 Å². The highest BCUT2D eigenvalue weighted by Crippen LogP contribution is 2.27. The summed E-state index contributed by atoms with van der Waals surface area (Å²) in [6.07, 6.45) is 0. The van der Waals surface area contributed by atoms with Crippen LogP contribution in [-0.2, 0) is 4.74 Å². The summed E-state index contributed by atoms with van der Waals surface area (Å²) in [6, 6.07) is 14.7. The highest BCUT2D eigenvalue weighted by atomic mass is 35.5. The minimum atomic E-state index is -0.179. The number of nitrogens with one attached hydrogen (secondary N) is 1. The normalized spacial score (nSPS) is 10.7. The number of para-hydroxylation sites is 1. The number of halogens is 1. The van der Waals surface area contributed by atoms with Crippen LogP contribution < -0.4 is 4.90 Å². The Morgan fingerprint density at radius 3 is 2.77 bits per heavy atom. The molecule has 132 valence electrons. The largest absolute Gasteiger partial charge is 0.383 e. The van der Waals surface area contributed by atoms with E-state index in [1.165, 1.54) is 0 Å². The fourth-order valence-corrected chi connectivity index (χ4v) is 3.15. The summed E-state index contributed by atoms with van der Waals surface area (Å²) in [6.45, 7) is 2.67. The fraction of sp³-hybridized carbons (Fsp3) is 0.200. The minimum Gasteiger partial charge on any atom is -0.383 e. The molecule has 0 unspecified atom stereocenters. The van der Waals surface area contributed by atoms with Gasteiger partial charge in [0.05, 0.1) is 28.8 Å². The number of amides is 1. The molecule has 1 amide bonds. The van der Waals surface area contributed by atoms with Crippen LogP contribution in [0.25, 0.3) is 10.9 Å². The summed E-state index contributed by atoms with van der Waals surface area (Å²) in [5, 5.41) is 10.5. The molecule has 0 saturated heterocycles. The molecule has 0 aliphatic carbocycles. The van der Waals surface area contributed by atoms with E-state index in [1.807, 2.05) is 19.1 Å². The number of aryl methyl sites for hydroxylation is 1. The van der Waals surface area contributed by atoms with Gasteiger partial charge >= 0.3 is 0 Å². The molecule has 0 radical (unpaired) electrons. The molecule has 26 heavy (non-hydrogen) atoms. The Morgan fingerprint density at radius 1 is 1.31 bits per heavy atom. The maximum Gasteiger partial charge on any atom is 0.274 e. The van der Waals surface area contributed by atoms with Gasteiger partial charge in [0.2, 0.25) is 0 Å². The number of carbonyl (C=O) groups excluding carboxylic acids is 1. The Hall–Kier alpha value is -2.81. The van der Waals surface area contributed by atoms with Crippen molar-refractivity contribution in [3.63, 3.8) is 0 Å². The van der Waals surface area contributed by atoms with Crippen LogP contribution in [0.1, 0.15) is 21.6 Å². The quantitative estimate of drug-likeness (QED) is 0.731. The molecule has 0 aliphatic rings. The monoisotopic (exact) mass is 367 g/mol. The molecule has 5 nitrogen and oxygen atoms in total. The van der Waals surface area contributed by atoms with Crippen LogP contribution in [-0.4, -0.2) is 31.2 Å². The number of nitrogens with zero attached hydrogens (tertiary/aromatic N) is 2. The number of ether oxygens (including phenoxy) is 1. The lowest BCUT2D eigenvalue weighted by Gasteiger charge is -2.24. The molecule has 0 saturated carbocycles. The van der Waals surface area contributed by atoms with Crippen molar-refractivity contribution in [1.29, 1.82) is 5.26 Å². The van der Waals surface area contributed by atoms with Gasteiger partial charge in [-0.1, -0.05) is 23.7 Å². The summed E-state index contributed by atoms with van der Waals surface area (Å²) >= 11 is 6.21. The number of H-pyrrole nitrogens is 1. The van der Waals surface area contributed by atoms with E-state index in [-0.39, 0.29) is 5.91 Å². The van der Waals surface area contributed by atoms with Crippen LogP contribution in [0.3, 0.4) is 0 Å². The first-order valence-corrected chi connectivity index (χ1v) is 8.51. The third kappa shape index (κ3) is 3.43. The van der Waals surface area contributed by atoms with E-state index in [0.29, 0.717) is 29.4 Å². The van der Waals surface area contributed by atoms with Crippen molar-refractivity contribution < 1.29 is 9.53 Å². The first kappa shape index (κ1) is 18.0. The van der Waals surface area contributed by atoms with E-state index in [4.69, 9.17) is 21.6 Å². The number of carbonyl (C=O) groups is 1. The molecule has 0 fully saturated rings. The van der Waals surface area contributed by atoms with E-state index >= 15 is 0 Å². The number of fused-ring (bicyclic) bond motifs is 1. The molecule has 3 aromatic rings. The van der Waals surface area contributed by atoms with E-state index in [0.717, 1.165) is 22.2 Å². The van der Waals surface area contributed by atoms with Gasteiger partial charge in [-0.15, -0.1) is 0 Å². The predicted octanol–water partition coefficient (Wildman–Crippen LogP) is 4.29. The summed E-state index contributed by atoms with van der Waals surface area (Å²) in [4.78, 5) is 17.9. The lowest BCUT2D eigenvalue weighted by Crippen LogP contribution is -2.34. The second kappa shape index (κ2) is 7.61. The number of rotatable bonds is 5. The van der Waals surface area contributed by atoms with Crippen molar-refractivity contribution in [1.82, 2.24) is 4.98 Å². The number of anilines is 1. The fourth-order valence-electron chi connectivity index (χ4n) is 2.92. The molecule has 1 aromatic heterocycles. The smallest absolute Gasteiger partial charge is 0.274 e. The van der Waals surface area contributed by atoms with Crippen LogP contribution in [0.5, 0.6) is 0 Å². The maximum absolute atomic E-state index is 13.2. The van der Waals surface area contributed by atoms with Crippen molar-refractivity contribution >= 4 is 34.1 Å². The third-order valence-electron chi connectivity index (χ3n) is 4.22. The predicted molar refractivity (Wildman–Crippen MR) is 103 cm³/mol. The first-order valence-electron chi connectivity index (χ1n) is 8.14. The van der Waals surface area contributed by atoms with Gasteiger partial charge in [-0.25, -0.2) is 0 Å².